The minimum absolute atomic E-state index is 0.169. The zero-order valence-electron chi connectivity index (χ0n) is 13.6. The van der Waals surface area contributed by atoms with Gasteiger partial charge in [0.05, 0.1) is 7.11 Å². The van der Waals surface area contributed by atoms with Gasteiger partial charge < -0.3 is 4.74 Å². The van der Waals surface area contributed by atoms with Gasteiger partial charge in [-0.2, -0.15) is 11.8 Å². The van der Waals surface area contributed by atoms with E-state index in [2.05, 4.69) is 39.9 Å². The molecule has 0 aromatic rings. The van der Waals surface area contributed by atoms with E-state index >= 15 is 0 Å². The predicted molar refractivity (Wildman–Crippen MR) is 84.7 cm³/mol. The molecular formula is C15H31NO2S. The van der Waals surface area contributed by atoms with Crippen molar-refractivity contribution in [3.63, 3.8) is 0 Å². The van der Waals surface area contributed by atoms with Gasteiger partial charge in [-0.1, -0.05) is 20.8 Å². The number of rotatable bonds is 9. The molecule has 114 valence electrons. The normalized spacial score (nSPS) is 16.5. The third kappa shape index (κ3) is 7.83. The summed E-state index contributed by atoms with van der Waals surface area (Å²) in [7, 11) is 1.46. The van der Waals surface area contributed by atoms with Crippen molar-refractivity contribution in [3.8, 4) is 0 Å². The highest BCUT2D eigenvalue weighted by atomic mass is 32.2. The Bertz CT molecular complexity index is 269. The van der Waals surface area contributed by atoms with E-state index in [1.807, 2.05) is 18.7 Å². The van der Waals surface area contributed by atoms with Crippen LogP contribution in [0.4, 0.5) is 0 Å². The molecule has 0 aromatic carbocycles. The molecule has 0 rings (SSSR count). The van der Waals surface area contributed by atoms with Crippen molar-refractivity contribution in [1.29, 1.82) is 0 Å². The Morgan fingerprint density at radius 2 is 1.84 bits per heavy atom. The molecule has 0 aliphatic rings. The first kappa shape index (κ1) is 18.8. The lowest BCUT2D eigenvalue weighted by molar-refractivity contribution is -0.148. The highest BCUT2D eigenvalue weighted by Gasteiger charge is 2.36. The molecule has 0 fully saturated rings. The molecule has 0 radical (unpaired) electrons. The second-order valence-corrected chi connectivity index (χ2v) is 7.74. The van der Waals surface area contributed by atoms with Crippen molar-refractivity contribution in [2.24, 2.45) is 5.92 Å². The van der Waals surface area contributed by atoms with E-state index in [-0.39, 0.29) is 12.0 Å². The van der Waals surface area contributed by atoms with Crippen LogP contribution in [0, 0.1) is 5.92 Å². The number of carbonyl (C=O) groups excluding carboxylic acids is 1. The molecule has 0 bridgehead atoms. The second kappa shape index (κ2) is 8.85. The lowest BCUT2D eigenvalue weighted by Crippen LogP contribution is -2.54. The molecule has 0 heterocycles. The van der Waals surface area contributed by atoms with E-state index in [9.17, 15) is 4.79 Å². The number of thioether (sulfide) groups is 1. The molecule has 1 N–H and O–H groups in total. The minimum atomic E-state index is -0.590. The molecule has 0 saturated heterocycles. The third-order valence-corrected chi connectivity index (χ3v) is 4.24. The maximum Gasteiger partial charge on any atom is 0.325 e. The molecule has 0 aliphatic carbocycles. The number of carbonyl (C=O) groups is 1. The summed E-state index contributed by atoms with van der Waals surface area (Å²) < 4.78 is 4.95. The first-order valence-electron chi connectivity index (χ1n) is 7.19. The van der Waals surface area contributed by atoms with Crippen molar-refractivity contribution in [2.45, 2.75) is 71.2 Å². The van der Waals surface area contributed by atoms with Crippen LogP contribution in [-0.4, -0.2) is 35.7 Å². The maximum absolute atomic E-state index is 12.0. The van der Waals surface area contributed by atoms with Crippen LogP contribution in [0.25, 0.3) is 0 Å². The summed E-state index contributed by atoms with van der Waals surface area (Å²) >= 11 is 1.94. The Kier molecular flexibility index (Phi) is 8.75. The largest absolute Gasteiger partial charge is 0.468 e. The number of ether oxygens (including phenoxy) is 1. The Labute approximate surface area is 123 Å². The van der Waals surface area contributed by atoms with E-state index in [0.29, 0.717) is 5.25 Å². The third-order valence-electron chi connectivity index (χ3n) is 3.04. The number of esters is 1. The molecule has 3 nitrogen and oxygen atoms in total. The molecular weight excluding hydrogens is 258 g/mol. The van der Waals surface area contributed by atoms with Crippen LogP contribution in [0.5, 0.6) is 0 Å². The van der Waals surface area contributed by atoms with Crippen LogP contribution in [0.3, 0.4) is 0 Å². The van der Waals surface area contributed by atoms with E-state index in [1.165, 1.54) is 13.5 Å². The summed E-state index contributed by atoms with van der Waals surface area (Å²) in [6, 6.07) is 0.261. The number of methoxy groups -OCH3 is 1. The first-order chi connectivity index (χ1) is 8.71. The van der Waals surface area contributed by atoms with Gasteiger partial charge >= 0.3 is 5.97 Å². The van der Waals surface area contributed by atoms with E-state index < -0.39 is 5.54 Å². The smallest absolute Gasteiger partial charge is 0.325 e. The maximum atomic E-state index is 12.0. The van der Waals surface area contributed by atoms with E-state index in [1.54, 1.807) is 0 Å². The zero-order valence-corrected chi connectivity index (χ0v) is 14.4. The van der Waals surface area contributed by atoms with Gasteiger partial charge in [0.2, 0.25) is 0 Å². The van der Waals surface area contributed by atoms with Gasteiger partial charge in [0.15, 0.2) is 0 Å². The van der Waals surface area contributed by atoms with Crippen molar-refractivity contribution in [1.82, 2.24) is 5.32 Å². The molecule has 0 aliphatic heterocycles. The highest BCUT2D eigenvalue weighted by Crippen LogP contribution is 2.25. The minimum Gasteiger partial charge on any atom is -0.468 e. The van der Waals surface area contributed by atoms with Gasteiger partial charge in [0, 0.05) is 11.3 Å². The Morgan fingerprint density at radius 1 is 1.26 bits per heavy atom. The summed E-state index contributed by atoms with van der Waals surface area (Å²) in [6.07, 6.45) is 2.02. The van der Waals surface area contributed by atoms with Crippen LogP contribution >= 0.6 is 11.8 Å². The quantitative estimate of drug-likeness (QED) is 0.660. The van der Waals surface area contributed by atoms with Gasteiger partial charge in [0.25, 0.3) is 0 Å². The van der Waals surface area contributed by atoms with Crippen LogP contribution in [0.1, 0.15) is 54.4 Å². The molecule has 2 atom stereocenters. The Hall–Kier alpha value is -0.220. The van der Waals surface area contributed by atoms with E-state index in [4.69, 9.17) is 4.74 Å². The van der Waals surface area contributed by atoms with Crippen LogP contribution < -0.4 is 5.32 Å². The summed E-state index contributed by atoms with van der Waals surface area (Å²) in [5.41, 5.74) is -0.590. The summed E-state index contributed by atoms with van der Waals surface area (Å²) in [5.74, 6) is 1.72. The van der Waals surface area contributed by atoms with Crippen LogP contribution in [-0.2, 0) is 9.53 Å². The Balaban J connectivity index is 4.43. The Morgan fingerprint density at radius 3 is 2.26 bits per heavy atom. The molecule has 2 unspecified atom stereocenters. The topological polar surface area (TPSA) is 38.3 Å². The monoisotopic (exact) mass is 289 g/mol. The van der Waals surface area contributed by atoms with E-state index in [0.717, 1.165) is 18.1 Å². The van der Waals surface area contributed by atoms with Crippen molar-refractivity contribution in [3.05, 3.63) is 0 Å². The fourth-order valence-electron chi connectivity index (χ4n) is 2.20. The average Bonchev–Trinajstić information content (AvgIpc) is 2.25. The second-order valence-electron chi connectivity index (χ2n) is 6.19. The van der Waals surface area contributed by atoms with Crippen molar-refractivity contribution >= 4 is 17.7 Å². The number of hydrogen-bond acceptors (Lipinski definition) is 4. The van der Waals surface area contributed by atoms with Gasteiger partial charge in [-0.25, -0.2) is 0 Å². The molecule has 0 aromatic heterocycles. The SMILES string of the molecule is COC(=O)C(C)(CC(C)SCCC(C)C)NC(C)C. The van der Waals surface area contributed by atoms with Gasteiger partial charge in [-0.15, -0.1) is 0 Å². The summed E-state index contributed by atoms with van der Waals surface area (Å²) in [6.45, 7) is 12.7. The zero-order chi connectivity index (χ0) is 15.1. The fraction of sp³-hybridized carbons (Fsp3) is 0.933. The first-order valence-corrected chi connectivity index (χ1v) is 8.24. The molecule has 0 amide bonds. The lowest BCUT2D eigenvalue weighted by Gasteiger charge is -2.32. The molecule has 4 heteroatoms. The van der Waals surface area contributed by atoms with Gasteiger partial charge in [-0.05, 0) is 45.3 Å². The summed E-state index contributed by atoms with van der Waals surface area (Å²) in [5, 5.41) is 3.79. The standard InChI is InChI=1S/C15H31NO2S/c1-11(2)8-9-19-13(5)10-15(6,14(17)18-7)16-12(3)4/h11-13,16H,8-10H2,1-7H3. The average molecular weight is 289 g/mol. The predicted octanol–water partition coefficient (Wildman–Crippen LogP) is 3.47. The highest BCUT2D eigenvalue weighted by molar-refractivity contribution is 7.99. The van der Waals surface area contributed by atoms with Gasteiger partial charge in [0.1, 0.15) is 5.54 Å². The molecule has 0 saturated carbocycles. The van der Waals surface area contributed by atoms with Crippen molar-refractivity contribution < 1.29 is 9.53 Å². The number of hydrogen-bond donors (Lipinski definition) is 1. The molecule has 19 heavy (non-hydrogen) atoms. The van der Waals surface area contributed by atoms with Crippen LogP contribution in [0.2, 0.25) is 0 Å². The van der Waals surface area contributed by atoms with Gasteiger partial charge in [-0.3, -0.25) is 10.1 Å². The van der Waals surface area contributed by atoms with Crippen molar-refractivity contribution in [2.75, 3.05) is 12.9 Å². The van der Waals surface area contributed by atoms with Crippen LogP contribution in [0.15, 0.2) is 0 Å². The lowest BCUT2D eigenvalue weighted by atomic mass is 9.95. The number of nitrogens with one attached hydrogen (secondary N) is 1. The summed E-state index contributed by atoms with van der Waals surface area (Å²) in [4.78, 5) is 12.0. The fourth-order valence-corrected chi connectivity index (χ4v) is 3.66. The molecule has 0 spiro atoms.